The highest BCUT2D eigenvalue weighted by molar-refractivity contribution is 7.98. The summed E-state index contributed by atoms with van der Waals surface area (Å²) in [4.78, 5) is 25.1. The molecule has 1 N–H and O–H groups in total. The first kappa shape index (κ1) is 17.5. The summed E-state index contributed by atoms with van der Waals surface area (Å²) >= 11 is 1.60. The Labute approximate surface area is 150 Å². The second kappa shape index (κ2) is 8.20. The van der Waals surface area contributed by atoms with Crippen molar-refractivity contribution in [1.29, 1.82) is 0 Å². The number of esters is 1. The number of anilines is 1. The maximum Gasteiger partial charge on any atom is 0.338 e. The second-order valence-corrected chi connectivity index (χ2v) is 6.83. The predicted octanol–water partition coefficient (Wildman–Crippen LogP) is 3.52. The van der Waals surface area contributed by atoms with Crippen LogP contribution in [0, 0.1) is 0 Å². The van der Waals surface area contributed by atoms with Crippen LogP contribution in [0.25, 0.3) is 0 Å². The van der Waals surface area contributed by atoms with Crippen molar-refractivity contribution in [2.75, 3.05) is 18.2 Å². The molecule has 1 aliphatic rings. The number of aromatic nitrogens is 2. The van der Waals surface area contributed by atoms with Gasteiger partial charge in [0.05, 0.1) is 17.8 Å². The molecule has 0 radical (unpaired) electrons. The van der Waals surface area contributed by atoms with Crippen LogP contribution in [0.15, 0.2) is 41.4 Å². The summed E-state index contributed by atoms with van der Waals surface area (Å²) in [6.45, 7) is -0.320. The molecule has 1 aromatic heterocycles. The SMILES string of the molecule is CSc1ccc(C(=O)OCC(=O)Nc2ccnn2C2CCCC2)cc1. The molecule has 1 fully saturated rings. The molecule has 0 spiro atoms. The molecule has 1 aromatic carbocycles. The van der Waals surface area contributed by atoms with Crippen LogP contribution in [0.5, 0.6) is 0 Å². The lowest BCUT2D eigenvalue weighted by atomic mass is 10.2. The summed E-state index contributed by atoms with van der Waals surface area (Å²) in [7, 11) is 0. The van der Waals surface area contributed by atoms with Gasteiger partial charge in [-0.05, 0) is 43.4 Å². The van der Waals surface area contributed by atoms with Crippen LogP contribution in [0.4, 0.5) is 5.82 Å². The lowest BCUT2D eigenvalue weighted by Gasteiger charge is -2.14. The van der Waals surface area contributed by atoms with Crippen LogP contribution in [0.1, 0.15) is 42.1 Å². The smallest absolute Gasteiger partial charge is 0.338 e. The van der Waals surface area contributed by atoms with E-state index in [4.69, 9.17) is 4.74 Å². The molecule has 1 heterocycles. The normalized spacial score (nSPS) is 14.4. The molecule has 2 aromatic rings. The monoisotopic (exact) mass is 359 g/mol. The Balaban J connectivity index is 1.52. The minimum absolute atomic E-state index is 0.320. The van der Waals surface area contributed by atoms with Crippen molar-refractivity contribution >= 4 is 29.5 Å². The molecule has 7 heteroatoms. The molecular formula is C18H21N3O3S. The summed E-state index contributed by atoms with van der Waals surface area (Å²) in [5, 5.41) is 7.08. The Bertz CT molecular complexity index is 736. The van der Waals surface area contributed by atoms with Gasteiger partial charge in [0.15, 0.2) is 6.61 Å². The van der Waals surface area contributed by atoms with Crippen LogP contribution in [0.3, 0.4) is 0 Å². The van der Waals surface area contributed by atoms with E-state index in [0.717, 1.165) is 17.7 Å². The Hall–Kier alpha value is -2.28. The highest BCUT2D eigenvalue weighted by Gasteiger charge is 2.20. The van der Waals surface area contributed by atoms with Crippen molar-refractivity contribution in [3.05, 3.63) is 42.1 Å². The molecule has 0 unspecified atom stereocenters. The Morgan fingerprint density at radius 2 is 1.96 bits per heavy atom. The Morgan fingerprint density at radius 1 is 1.24 bits per heavy atom. The van der Waals surface area contributed by atoms with E-state index < -0.39 is 5.97 Å². The quantitative estimate of drug-likeness (QED) is 0.631. The molecule has 0 atom stereocenters. The standard InChI is InChI=1S/C18H21N3O3S/c1-25-15-8-6-13(7-9-15)18(23)24-12-17(22)20-16-10-11-19-21(16)14-4-2-3-5-14/h6-11,14H,2-5,12H2,1H3,(H,20,22). The average Bonchev–Trinajstić information content (AvgIpc) is 3.31. The van der Waals surface area contributed by atoms with Crippen LogP contribution < -0.4 is 5.32 Å². The number of nitrogens with one attached hydrogen (secondary N) is 1. The van der Waals surface area contributed by atoms with Gasteiger partial charge >= 0.3 is 5.97 Å². The van der Waals surface area contributed by atoms with E-state index in [-0.39, 0.29) is 12.5 Å². The summed E-state index contributed by atoms with van der Waals surface area (Å²) in [6.07, 6.45) is 8.16. The molecule has 132 valence electrons. The van der Waals surface area contributed by atoms with Crippen LogP contribution >= 0.6 is 11.8 Å². The third-order valence-electron chi connectivity index (χ3n) is 4.27. The van der Waals surface area contributed by atoms with E-state index in [1.807, 2.05) is 23.1 Å². The number of amides is 1. The molecule has 6 nitrogen and oxygen atoms in total. The van der Waals surface area contributed by atoms with Crippen molar-refractivity contribution in [1.82, 2.24) is 9.78 Å². The van der Waals surface area contributed by atoms with Crippen molar-refractivity contribution in [3.63, 3.8) is 0 Å². The number of carbonyl (C=O) groups excluding carboxylic acids is 2. The molecule has 1 aliphatic carbocycles. The number of rotatable bonds is 6. The molecule has 1 amide bonds. The maximum atomic E-state index is 12.1. The summed E-state index contributed by atoms with van der Waals surface area (Å²) in [6, 6.07) is 9.19. The fraction of sp³-hybridized carbons (Fsp3) is 0.389. The highest BCUT2D eigenvalue weighted by Crippen LogP contribution is 2.31. The molecule has 3 rings (SSSR count). The van der Waals surface area contributed by atoms with Gasteiger partial charge in [0.1, 0.15) is 5.82 Å². The number of ether oxygens (including phenoxy) is 1. The topological polar surface area (TPSA) is 73.2 Å². The summed E-state index contributed by atoms with van der Waals surface area (Å²) < 4.78 is 6.95. The summed E-state index contributed by atoms with van der Waals surface area (Å²) in [5.74, 6) is -0.224. The molecule has 0 bridgehead atoms. The number of benzene rings is 1. The third kappa shape index (κ3) is 4.42. The third-order valence-corrected chi connectivity index (χ3v) is 5.01. The van der Waals surface area contributed by atoms with E-state index >= 15 is 0 Å². The molecule has 1 saturated carbocycles. The second-order valence-electron chi connectivity index (χ2n) is 5.95. The molecule has 0 saturated heterocycles. The molecule has 25 heavy (non-hydrogen) atoms. The maximum absolute atomic E-state index is 12.1. The Kier molecular flexibility index (Phi) is 5.75. The number of hydrogen-bond acceptors (Lipinski definition) is 5. The van der Waals surface area contributed by atoms with Crippen molar-refractivity contribution in [3.8, 4) is 0 Å². The first-order valence-electron chi connectivity index (χ1n) is 8.32. The van der Waals surface area contributed by atoms with Crippen LogP contribution in [-0.2, 0) is 9.53 Å². The van der Waals surface area contributed by atoms with Gasteiger partial charge < -0.3 is 10.1 Å². The van der Waals surface area contributed by atoms with Crippen molar-refractivity contribution < 1.29 is 14.3 Å². The van der Waals surface area contributed by atoms with E-state index in [1.165, 1.54) is 12.8 Å². The van der Waals surface area contributed by atoms with E-state index in [0.29, 0.717) is 17.4 Å². The number of carbonyl (C=O) groups is 2. The van der Waals surface area contributed by atoms with E-state index in [1.54, 1.807) is 36.2 Å². The number of hydrogen-bond donors (Lipinski definition) is 1. The zero-order valence-electron chi connectivity index (χ0n) is 14.1. The fourth-order valence-electron chi connectivity index (χ4n) is 2.97. The van der Waals surface area contributed by atoms with Gasteiger partial charge in [-0.15, -0.1) is 11.8 Å². The zero-order chi connectivity index (χ0) is 17.6. The fourth-order valence-corrected chi connectivity index (χ4v) is 3.38. The van der Waals surface area contributed by atoms with Crippen LogP contribution in [-0.4, -0.2) is 34.5 Å². The molecule has 0 aliphatic heterocycles. The number of thioether (sulfide) groups is 1. The van der Waals surface area contributed by atoms with Gasteiger partial charge in [0.25, 0.3) is 5.91 Å². The summed E-state index contributed by atoms with van der Waals surface area (Å²) in [5.41, 5.74) is 0.432. The lowest BCUT2D eigenvalue weighted by molar-refractivity contribution is -0.119. The largest absolute Gasteiger partial charge is 0.452 e. The average molecular weight is 359 g/mol. The van der Waals surface area contributed by atoms with Gasteiger partial charge in [-0.1, -0.05) is 12.8 Å². The molecular weight excluding hydrogens is 338 g/mol. The van der Waals surface area contributed by atoms with Crippen LogP contribution in [0.2, 0.25) is 0 Å². The van der Waals surface area contributed by atoms with Gasteiger partial charge in [0.2, 0.25) is 0 Å². The first-order valence-corrected chi connectivity index (χ1v) is 9.54. The van der Waals surface area contributed by atoms with Gasteiger partial charge in [-0.25, -0.2) is 9.48 Å². The number of nitrogens with zero attached hydrogens (tertiary/aromatic N) is 2. The van der Waals surface area contributed by atoms with E-state index in [9.17, 15) is 9.59 Å². The van der Waals surface area contributed by atoms with Crippen molar-refractivity contribution in [2.24, 2.45) is 0 Å². The Morgan fingerprint density at radius 3 is 2.64 bits per heavy atom. The van der Waals surface area contributed by atoms with Gasteiger partial charge in [-0.2, -0.15) is 5.10 Å². The van der Waals surface area contributed by atoms with Crippen molar-refractivity contribution in [2.45, 2.75) is 36.6 Å². The minimum atomic E-state index is -0.507. The van der Waals surface area contributed by atoms with E-state index in [2.05, 4.69) is 10.4 Å². The highest BCUT2D eigenvalue weighted by atomic mass is 32.2. The van der Waals surface area contributed by atoms with Gasteiger partial charge in [-0.3, -0.25) is 4.79 Å². The predicted molar refractivity (Wildman–Crippen MR) is 96.9 cm³/mol. The lowest BCUT2D eigenvalue weighted by Crippen LogP contribution is -2.23. The van der Waals surface area contributed by atoms with Gasteiger partial charge in [0, 0.05) is 11.0 Å². The first-order chi connectivity index (χ1) is 12.2. The minimum Gasteiger partial charge on any atom is -0.452 e. The zero-order valence-corrected chi connectivity index (χ0v) is 14.9.